The van der Waals surface area contributed by atoms with Crippen molar-refractivity contribution in [1.82, 2.24) is 10.2 Å². The number of nitrogens with zero attached hydrogens (tertiary/aromatic N) is 1. The normalized spacial score (nSPS) is 22.2. The summed E-state index contributed by atoms with van der Waals surface area (Å²) in [6, 6.07) is 5.58. The summed E-state index contributed by atoms with van der Waals surface area (Å²) in [6.07, 6.45) is 0. The Bertz CT molecular complexity index is 483. The molecule has 1 heterocycles. The molecule has 1 aromatic carbocycles. The zero-order chi connectivity index (χ0) is 14.0. The second kappa shape index (κ2) is 6.22. The first-order valence-electron chi connectivity index (χ1n) is 6.21. The third kappa shape index (κ3) is 3.28. The molecule has 1 aliphatic rings. The molecule has 0 radical (unpaired) electrons. The van der Waals surface area contributed by atoms with Crippen LogP contribution in [0.2, 0.25) is 5.02 Å². The molecule has 2 atom stereocenters. The first kappa shape index (κ1) is 14.8. The van der Waals surface area contributed by atoms with E-state index in [1.165, 1.54) is 0 Å². The first-order chi connectivity index (χ1) is 9.00. The molecule has 0 spiro atoms. The maximum absolute atomic E-state index is 11.5. The number of halogens is 2. The minimum Gasteiger partial charge on any atom is -0.368 e. The Morgan fingerprint density at radius 3 is 3.00 bits per heavy atom. The lowest BCUT2D eigenvalue weighted by Crippen LogP contribution is -2.57. The summed E-state index contributed by atoms with van der Waals surface area (Å²) in [5.41, 5.74) is 6.49. The SMILES string of the molecule is CC(c1ccc(Br)cc1Cl)N1CCNCC1C(N)=O. The van der Waals surface area contributed by atoms with Crippen molar-refractivity contribution in [3.8, 4) is 0 Å². The predicted molar refractivity (Wildman–Crippen MR) is 80.1 cm³/mol. The summed E-state index contributed by atoms with van der Waals surface area (Å²) in [5.74, 6) is -0.299. The Labute approximate surface area is 126 Å². The van der Waals surface area contributed by atoms with Gasteiger partial charge in [0.25, 0.3) is 0 Å². The van der Waals surface area contributed by atoms with Crippen LogP contribution in [0, 0.1) is 0 Å². The number of hydrogen-bond acceptors (Lipinski definition) is 3. The number of benzene rings is 1. The fourth-order valence-corrected chi connectivity index (χ4v) is 3.30. The van der Waals surface area contributed by atoms with Gasteiger partial charge >= 0.3 is 0 Å². The smallest absolute Gasteiger partial charge is 0.236 e. The number of hydrogen-bond donors (Lipinski definition) is 2. The fourth-order valence-electron chi connectivity index (χ4n) is 2.47. The van der Waals surface area contributed by atoms with Crippen LogP contribution in [0.4, 0.5) is 0 Å². The second-order valence-corrected chi connectivity index (χ2v) is 6.02. The number of carbonyl (C=O) groups is 1. The molecular weight excluding hydrogens is 330 g/mol. The van der Waals surface area contributed by atoms with Crippen molar-refractivity contribution in [2.75, 3.05) is 19.6 Å². The summed E-state index contributed by atoms with van der Waals surface area (Å²) in [5, 5.41) is 3.89. The van der Waals surface area contributed by atoms with Gasteiger partial charge in [0.2, 0.25) is 5.91 Å². The van der Waals surface area contributed by atoms with E-state index in [2.05, 4.69) is 33.1 Å². The number of amides is 1. The van der Waals surface area contributed by atoms with E-state index in [9.17, 15) is 4.79 Å². The van der Waals surface area contributed by atoms with Crippen molar-refractivity contribution in [1.29, 1.82) is 0 Å². The van der Waals surface area contributed by atoms with Gasteiger partial charge in [-0.15, -0.1) is 0 Å². The standard InChI is InChI=1S/C13H17BrClN3O/c1-8(10-3-2-9(14)6-11(10)15)18-5-4-17-7-12(18)13(16)19/h2-3,6,8,12,17H,4-5,7H2,1H3,(H2,16,19). The van der Waals surface area contributed by atoms with Gasteiger partial charge in [-0.3, -0.25) is 9.69 Å². The lowest BCUT2D eigenvalue weighted by atomic mass is 10.0. The Kier molecular flexibility index (Phi) is 4.84. The first-order valence-corrected chi connectivity index (χ1v) is 7.38. The highest BCUT2D eigenvalue weighted by Gasteiger charge is 2.31. The number of rotatable bonds is 3. The molecule has 1 aromatic rings. The minimum atomic E-state index is -0.299. The van der Waals surface area contributed by atoms with Gasteiger partial charge in [0, 0.05) is 35.2 Å². The van der Waals surface area contributed by atoms with Gasteiger partial charge in [-0.2, -0.15) is 0 Å². The molecule has 104 valence electrons. The van der Waals surface area contributed by atoms with E-state index in [1.807, 2.05) is 18.2 Å². The number of nitrogens with one attached hydrogen (secondary N) is 1. The summed E-state index contributed by atoms with van der Waals surface area (Å²) >= 11 is 9.68. The predicted octanol–water partition coefficient (Wildman–Crippen LogP) is 1.92. The van der Waals surface area contributed by atoms with E-state index in [4.69, 9.17) is 17.3 Å². The van der Waals surface area contributed by atoms with E-state index in [-0.39, 0.29) is 18.0 Å². The van der Waals surface area contributed by atoms with Crippen molar-refractivity contribution in [2.24, 2.45) is 5.73 Å². The van der Waals surface area contributed by atoms with Crippen molar-refractivity contribution in [2.45, 2.75) is 19.0 Å². The molecule has 1 saturated heterocycles. The van der Waals surface area contributed by atoms with Gasteiger partial charge in [-0.05, 0) is 24.6 Å². The summed E-state index contributed by atoms with van der Waals surface area (Å²) in [6.45, 7) is 4.27. The van der Waals surface area contributed by atoms with Crippen LogP contribution in [-0.2, 0) is 4.79 Å². The molecule has 1 aliphatic heterocycles. The maximum atomic E-state index is 11.5. The zero-order valence-corrected chi connectivity index (χ0v) is 13.0. The molecule has 0 aromatic heterocycles. The van der Waals surface area contributed by atoms with Crippen LogP contribution in [0.1, 0.15) is 18.5 Å². The van der Waals surface area contributed by atoms with Crippen LogP contribution in [0.5, 0.6) is 0 Å². The molecule has 4 nitrogen and oxygen atoms in total. The molecule has 1 amide bonds. The highest BCUT2D eigenvalue weighted by Crippen LogP contribution is 2.31. The second-order valence-electron chi connectivity index (χ2n) is 4.70. The van der Waals surface area contributed by atoms with Gasteiger partial charge < -0.3 is 11.1 Å². The highest BCUT2D eigenvalue weighted by molar-refractivity contribution is 9.10. The molecular formula is C13H17BrClN3O. The van der Waals surface area contributed by atoms with Gasteiger partial charge in [0.15, 0.2) is 0 Å². The van der Waals surface area contributed by atoms with Crippen molar-refractivity contribution < 1.29 is 4.79 Å². The number of piperazine rings is 1. The molecule has 0 saturated carbocycles. The van der Waals surface area contributed by atoms with E-state index >= 15 is 0 Å². The van der Waals surface area contributed by atoms with Gasteiger partial charge in [-0.25, -0.2) is 0 Å². The number of nitrogens with two attached hydrogens (primary N) is 1. The molecule has 1 fully saturated rings. The molecule has 19 heavy (non-hydrogen) atoms. The monoisotopic (exact) mass is 345 g/mol. The largest absolute Gasteiger partial charge is 0.368 e. The van der Waals surface area contributed by atoms with Crippen LogP contribution in [-0.4, -0.2) is 36.5 Å². The molecule has 2 unspecified atom stereocenters. The third-order valence-corrected chi connectivity index (χ3v) is 4.34. The average molecular weight is 347 g/mol. The highest BCUT2D eigenvalue weighted by atomic mass is 79.9. The summed E-state index contributed by atoms with van der Waals surface area (Å²) in [4.78, 5) is 13.6. The summed E-state index contributed by atoms with van der Waals surface area (Å²) in [7, 11) is 0. The lowest BCUT2D eigenvalue weighted by molar-refractivity contribution is -0.124. The number of carbonyl (C=O) groups excluding carboxylic acids is 1. The van der Waals surface area contributed by atoms with E-state index < -0.39 is 0 Å². The molecule has 3 N–H and O–H groups in total. The Morgan fingerprint density at radius 1 is 1.63 bits per heavy atom. The van der Waals surface area contributed by atoms with Crippen molar-refractivity contribution in [3.63, 3.8) is 0 Å². The Morgan fingerprint density at radius 2 is 2.37 bits per heavy atom. The minimum absolute atomic E-state index is 0.0557. The average Bonchev–Trinajstić information content (AvgIpc) is 2.38. The third-order valence-electron chi connectivity index (χ3n) is 3.52. The fraction of sp³-hybridized carbons (Fsp3) is 0.462. The van der Waals surface area contributed by atoms with Crippen LogP contribution in [0.15, 0.2) is 22.7 Å². The quantitative estimate of drug-likeness (QED) is 0.879. The topological polar surface area (TPSA) is 58.4 Å². The van der Waals surface area contributed by atoms with Gasteiger partial charge in [0.1, 0.15) is 6.04 Å². The van der Waals surface area contributed by atoms with Crippen LogP contribution in [0.3, 0.4) is 0 Å². The molecule has 0 aliphatic carbocycles. The van der Waals surface area contributed by atoms with Crippen LogP contribution in [0.25, 0.3) is 0 Å². The lowest BCUT2D eigenvalue weighted by Gasteiger charge is -2.38. The Balaban J connectivity index is 2.25. The van der Waals surface area contributed by atoms with Gasteiger partial charge in [0.05, 0.1) is 0 Å². The van der Waals surface area contributed by atoms with Crippen molar-refractivity contribution in [3.05, 3.63) is 33.3 Å². The van der Waals surface area contributed by atoms with Crippen molar-refractivity contribution >= 4 is 33.4 Å². The van der Waals surface area contributed by atoms with Crippen LogP contribution >= 0.6 is 27.5 Å². The van der Waals surface area contributed by atoms with E-state index in [0.29, 0.717) is 11.6 Å². The summed E-state index contributed by atoms with van der Waals surface area (Å²) < 4.78 is 0.945. The molecule has 6 heteroatoms. The zero-order valence-electron chi connectivity index (χ0n) is 10.7. The molecule has 0 bridgehead atoms. The van der Waals surface area contributed by atoms with Crippen LogP contribution < -0.4 is 11.1 Å². The maximum Gasteiger partial charge on any atom is 0.236 e. The van der Waals surface area contributed by atoms with Gasteiger partial charge in [-0.1, -0.05) is 33.6 Å². The van der Waals surface area contributed by atoms with E-state index in [1.54, 1.807) is 0 Å². The molecule has 2 rings (SSSR count). The Hall–Kier alpha value is -0.620. The number of primary amides is 1. The van der Waals surface area contributed by atoms with E-state index in [0.717, 1.165) is 23.1 Å².